The fourth-order valence-electron chi connectivity index (χ4n) is 4.68. The molecule has 21 heavy (non-hydrogen) atoms. The highest BCUT2D eigenvalue weighted by Gasteiger charge is 2.56. The van der Waals surface area contributed by atoms with Crippen molar-refractivity contribution in [1.82, 2.24) is 4.90 Å². The zero-order chi connectivity index (χ0) is 15.4. The fourth-order valence-corrected chi connectivity index (χ4v) is 4.68. The summed E-state index contributed by atoms with van der Waals surface area (Å²) in [5.41, 5.74) is 4.48. The minimum atomic E-state index is -0.667. The maximum absolute atomic E-state index is 11.9. The maximum atomic E-state index is 11.9. The van der Waals surface area contributed by atoms with Crippen LogP contribution in [0.4, 0.5) is 0 Å². The summed E-state index contributed by atoms with van der Waals surface area (Å²) in [6.07, 6.45) is 3.19. The number of aryl methyl sites for hydroxylation is 1. The Hall–Kier alpha value is -0.860. The quantitative estimate of drug-likeness (QED) is 0.855. The molecule has 1 heterocycles. The van der Waals surface area contributed by atoms with Gasteiger partial charge in [0.1, 0.15) is 0 Å². The lowest BCUT2D eigenvalue weighted by molar-refractivity contribution is -0.121. The molecule has 1 saturated heterocycles. The van der Waals surface area contributed by atoms with Crippen molar-refractivity contribution in [3.05, 3.63) is 34.4 Å². The highest BCUT2D eigenvalue weighted by Crippen LogP contribution is 2.57. The Kier molecular flexibility index (Phi) is 3.46. The van der Waals surface area contributed by atoms with Gasteiger partial charge in [0, 0.05) is 5.41 Å². The molecule has 0 aromatic heterocycles. The Morgan fingerprint density at radius 3 is 2.38 bits per heavy atom. The predicted molar refractivity (Wildman–Crippen MR) is 87.5 cm³/mol. The van der Waals surface area contributed by atoms with E-state index in [0.717, 1.165) is 32.4 Å². The molecule has 1 N–H and O–H groups in total. The summed E-state index contributed by atoms with van der Waals surface area (Å²) in [5.74, 6) is 0.380. The normalized spacial score (nSPS) is 29.6. The van der Waals surface area contributed by atoms with Crippen molar-refractivity contribution in [3.8, 4) is 0 Å². The minimum absolute atomic E-state index is 0.0749. The maximum Gasteiger partial charge on any atom is 0.0984 e. The molecule has 0 radical (unpaired) electrons. The second kappa shape index (κ2) is 4.82. The van der Waals surface area contributed by atoms with E-state index in [4.69, 9.17) is 0 Å². The van der Waals surface area contributed by atoms with Crippen molar-refractivity contribution in [2.45, 2.75) is 52.6 Å². The molecule has 1 aliphatic heterocycles. The topological polar surface area (TPSA) is 23.5 Å². The van der Waals surface area contributed by atoms with Crippen LogP contribution in [0.1, 0.15) is 48.9 Å². The smallest absolute Gasteiger partial charge is 0.0984 e. The van der Waals surface area contributed by atoms with Crippen molar-refractivity contribution < 1.29 is 5.11 Å². The van der Waals surface area contributed by atoms with Crippen molar-refractivity contribution in [3.63, 3.8) is 0 Å². The number of piperidine rings is 1. The number of aliphatic hydroxyl groups is 1. The molecule has 1 fully saturated rings. The van der Waals surface area contributed by atoms with Crippen LogP contribution in [0.25, 0.3) is 0 Å². The number of nitrogens with zero attached hydrogens (tertiary/aromatic N) is 1. The zero-order valence-corrected chi connectivity index (χ0v) is 14.2. The highest BCUT2D eigenvalue weighted by atomic mass is 16.3. The van der Waals surface area contributed by atoms with Crippen LogP contribution in [0.5, 0.6) is 0 Å². The number of likely N-dealkylation sites (tertiary alicyclic amines) is 1. The molecule has 2 nitrogen and oxygen atoms in total. The van der Waals surface area contributed by atoms with Crippen molar-refractivity contribution in [1.29, 1.82) is 0 Å². The largest absolute Gasteiger partial charge is 0.384 e. The molecule has 1 aliphatic carbocycles. The van der Waals surface area contributed by atoms with E-state index in [1.807, 2.05) is 0 Å². The van der Waals surface area contributed by atoms with E-state index in [2.05, 4.69) is 51.8 Å². The van der Waals surface area contributed by atoms with Gasteiger partial charge in [-0.2, -0.15) is 0 Å². The summed E-state index contributed by atoms with van der Waals surface area (Å²) in [5, 5.41) is 11.9. The van der Waals surface area contributed by atoms with Crippen molar-refractivity contribution in [2.75, 3.05) is 20.1 Å². The number of rotatable bonds is 1. The van der Waals surface area contributed by atoms with Crippen LogP contribution in [0.15, 0.2) is 12.1 Å². The van der Waals surface area contributed by atoms with E-state index in [1.54, 1.807) is 0 Å². The SMILES string of the molecule is Cc1ccc2c(c1C)C(O)(C1CCN(C)CC1)C(C)(C)C2. The molecule has 1 atom stereocenters. The standard InChI is InChI=1S/C19H29NO/c1-13-6-7-15-12-18(3,4)19(21,17(15)14(13)2)16-8-10-20(5)11-9-16/h6-7,16,21H,8-12H2,1-5H3. The van der Waals surface area contributed by atoms with Crippen LogP contribution in [-0.4, -0.2) is 30.1 Å². The van der Waals surface area contributed by atoms with E-state index in [1.165, 1.54) is 22.3 Å². The lowest BCUT2D eigenvalue weighted by Crippen LogP contribution is -2.49. The Bertz CT molecular complexity index is 555. The molecule has 0 amide bonds. The van der Waals surface area contributed by atoms with Crippen LogP contribution >= 0.6 is 0 Å². The third kappa shape index (κ3) is 2.07. The molecule has 3 rings (SSSR count). The molecule has 1 aromatic rings. The Morgan fingerprint density at radius 2 is 1.76 bits per heavy atom. The van der Waals surface area contributed by atoms with Crippen LogP contribution in [0.2, 0.25) is 0 Å². The van der Waals surface area contributed by atoms with Crippen molar-refractivity contribution >= 4 is 0 Å². The van der Waals surface area contributed by atoms with Gasteiger partial charge in [0.25, 0.3) is 0 Å². The lowest BCUT2D eigenvalue weighted by atomic mass is 9.64. The molecule has 1 unspecified atom stereocenters. The first-order chi connectivity index (χ1) is 9.77. The third-order valence-electron chi connectivity index (χ3n) is 6.18. The first-order valence-electron chi connectivity index (χ1n) is 8.28. The lowest BCUT2D eigenvalue weighted by Gasteiger charge is -2.47. The van der Waals surface area contributed by atoms with Crippen LogP contribution < -0.4 is 0 Å². The average Bonchev–Trinajstić information content (AvgIpc) is 2.63. The van der Waals surface area contributed by atoms with Crippen LogP contribution in [0.3, 0.4) is 0 Å². The van der Waals surface area contributed by atoms with Gasteiger partial charge in [0.15, 0.2) is 0 Å². The third-order valence-corrected chi connectivity index (χ3v) is 6.18. The van der Waals surface area contributed by atoms with Gasteiger partial charge in [-0.3, -0.25) is 0 Å². The van der Waals surface area contributed by atoms with Gasteiger partial charge in [0.05, 0.1) is 5.60 Å². The van der Waals surface area contributed by atoms with Gasteiger partial charge in [0.2, 0.25) is 0 Å². The molecule has 0 bridgehead atoms. The van der Waals surface area contributed by atoms with E-state index in [-0.39, 0.29) is 5.41 Å². The number of benzene rings is 1. The molecule has 116 valence electrons. The molecule has 0 saturated carbocycles. The van der Waals surface area contributed by atoms with Crippen LogP contribution in [-0.2, 0) is 12.0 Å². The fraction of sp³-hybridized carbons (Fsp3) is 0.684. The van der Waals surface area contributed by atoms with E-state index in [9.17, 15) is 5.11 Å². The first-order valence-corrected chi connectivity index (χ1v) is 8.28. The summed E-state index contributed by atoms with van der Waals surface area (Å²) < 4.78 is 0. The van der Waals surface area contributed by atoms with Gasteiger partial charge in [-0.25, -0.2) is 0 Å². The van der Waals surface area contributed by atoms with E-state index in [0.29, 0.717) is 5.92 Å². The van der Waals surface area contributed by atoms with Crippen LogP contribution in [0, 0.1) is 25.2 Å². The molecular weight excluding hydrogens is 258 g/mol. The summed E-state index contributed by atoms with van der Waals surface area (Å²) in [6.45, 7) is 11.1. The molecule has 2 heteroatoms. The second-order valence-corrected chi connectivity index (χ2v) is 7.95. The average molecular weight is 287 g/mol. The summed E-state index contributed by atoms with van der Waals surface area (Å²) in [4.78, 5) is 2.38. The molecule has 2 aliphatic rings. The highest BCUT2D eigenvalue weighted by molar-refractivity contribution is 5.49. The van der Waals surface area contributed by atoms with Gasteiger partial charge < -0.3 is 10.0 Å². The summed E-state index contributed by atoms with van der Waals surface area (Å²) in [7, 11) is 2.18. The Morgan fingerprint density at radius 1 is 1.14 bits per heavy atom. The number of hydrogen-bond acceptors (Lipinski definition) is 2. The predicted octanol–water partition coefficient (Wildman–Crippen LogP) is 3.42. The van der Waals surface area contributed by atoms with E-state index < -0.39 is 5.60 Å². The Balaban J connectivity index is 2.10. The van der Waals surface area contributed by atoms with E-state index >= 15 is 0 Å². The summed E-state index contributed by atoms with van der Waals surface area (Å²) >= 11 is 0. The van der Waals surface area contributed by atoms with Crippen molar-refractivity contribution in [2.24, 2.45) is 11.3 Å². The Labute approximate surface area is 129 Å². The first kappa shape index (κ1) is 15.1. The van der Waals surface area contributed by atoms with Gasteiger partial charge in [-0.05, 0) is 81.4 Å². The zero-order valence-electron chi connectivity index (χ0n) is 14.2. The second-order valence-electron chi connectivity index (χ2n) is 7.95. The monoisotopic (exact) mass is 287 g/mol. The molecule has 1 aromatic carbocycles. The molecule has 0 spiro atoms. The molecular formula is C19H29NO. The van der Waals surface area contributed by atoms with Gasteiger partial charge in [-0.1, -0.05) is 26.0 Å². The van der Waals surface area contributed by atoms with Gasteiger partial charge in [-0.15, -0.1) is 0 Å². The number of hydrogen-bond donors (Lipinski definition) is 1. The summed E-state index contributed by atoms with van der Waals surface area (Å²) in [6, 6.07) is 4.46. The minimum Gasteiger partial charge on any atom is -0.384 e. The van der Waals surface area contributed by atoms with Gasteiger partial charge >= 0.3 is 0 Å². The number of fused-ring (bicyclic) bond motifs is 1.